The second kappa shape index (κ2) is 10.8. The molecular weight excluding hydrogens is 454 g/mol. The van der Waals surface area contributed by atoms with Crippen LogP contribution in [-0.2, 0) is 4.74 Å². The number of allylic oxidation sites excluding steroid dienone is 3. The molecule has 0 aromatic carbocycles. The van der Waals surface area contributed by atoms with Gasteiger partial charge in [0.05, 0.1) is 12.2 Å². The lowest BCUT2D eigenvalue weighted by Crippen LogP contribution is -2.55. The van der Waals surface area contributed by atoms with Crippen molar-refractivity contribution < 1.29 is 9.84 Å². The maximum Gasteiger partial charge on any atom is 0.0735 e. The average Bonchev–Trinajstić information content (AvgIpc) is 3.20. The number of hydrogen-bond acceptors (Lipinski definition) is 3. The third-order valence-corrected chi connectivity index (χ3v) is 11.2. The first-order chi connectivity index (χ1) is 16.8. The molecular formula is C31H50ClNO2. The fourth-order valence-electron chi connectivity index (χ4n) is 9.14. The highest BCUT2D eigenvalue weighted by atomic mass is 35.5. The van der Waals surface area contributed by atoms with Crippen LogP contribution in [0.5, 0.6) is 0 Å². The molecule has 3 fully saturated rings. The maximum absolute atomic E-state index is 10.3. The normalized spacial score (nSPS) is 47.4. The van der Waals surface area contributed by atoms with Crippen molar-refractivity contribution in [2.75, 3.05) is 25.6 Å². The average molecular weight is 504 g/mol. The monoisotopic (exact) mass is 503 g/mol. The van der Waals surface area contributed by atoms with Crippen molar-refractivity contribution in [1.29, 1.82) is 0 Å². The van der Waals surface area contributed by atoms with Crippen LogP contribution in [-0.4, -0.2) is 53.8 Å². The molecule has 9 atom stereocenters. The Morgan fingerprint density at radius 2 is 2.03 bits per heavy atom. The molecule has 198 valence electrons. The molecule has 3 aliphatic carbocycles. The summed E-state index contributed by atoms with van der Waals surface area (Å²) in [6.07, 6.45) is 14.5. The van der Waals surface area contributed by atoms with E-state index in [4.69, 9.17) is 16.3 Å². The zero-order valence-electron chi connectivity index (χ0n) is 22.8. The van der Waals surface area contributed by atoms with Gasteiger partial charge >= 0.3 is 0 Å². The minimum Gasteiger partial charge on any atom is -0.393 e. The van der Waals surface area contributed by atoms with Crippen molar-refractivity contribution in [2.24, 2.45) is 35.0 Å². The zero-order valence-corrected chi connectivity index (χ0v) is 23.5. The summed E-state index contributed by atoms with van der Waals surface area (Å²) in [5, 5.41) is 10.3. The molecule has 0 spiro atoms. The summed E-state index contributed by atoms with van der Waals surface area (Å²) in [5.74, 6) is 4.29. The number of piperidine rings is 1. The molecule has 1 saturated heterocycles. The molecule has 5 rings (SSSR count). The quantitative estimate of drug-likeness (QED) is 0.326. The van der Waals surface area contributed by atoms with Gasteiger partial charge in [-0.25, -0.2) is 0 Å². The van der Waals surface area contributed by atoms with Crippen LogP contribution in [0.2, 0.25) is 0 Å². The molecule has 0 bridgehead atoms. The van der Waals surface area contributed by atoms with Gasteiger partial charge in [-0.3, -0.25) is 4.90 Å². The Balaban J connectivity index is 1.39. The van der Waals surface area contributed by atoms with E-state index in [-0.39, 0.29) is 6.10 Å². The Kier molecular flexibility index (Phi) is 8.10. The number of aliphatic hydroxyl groups excluding tert-OH is 1. The largest absolute Gasteiger partial charge is 0.393 e. The first kappa shape index (κ1) is 26.3. The minimum absolute atomic E-state index is 0.121. The van der Waals surface area contributed by atoms with E-state index in [1.165, 1.54) is 44.9 Å². The smallest absolute Gasteiger partial charge is 0.0735 e. The van der Waals surface area contributed by atoms with Crippen LogP contribution in [0.4, 0.5) is 0 Å². The molecule has 0 radical (unpaired) electrons. The van der Waals surface area contributed by atoms with E-state index < -0.39 is 0 Å². The predicted molar refractivity (Wildman–Crippen MR) is 146 cm³/mol. The second-order valence-electron chi connectivity index (χ2n) is 13.2. The lowest BCUT2D eigenvalue weighted by molar-refractivity contribution is -0.0763. The van der Waals surface area contributed by atoms with Crippen molar-refractivity contribution in [3.05, 3.63) is 22.8 Å². The third-order valence-electron chi connectivity index (χ3n) is 11.0. The molecule has 2 saturated carbocycles. The third kappa shape index (κ3) is 5.06. The molecule has 0 amide bonds. The first-order valence-corrected chi connectivity index (χ1v) is 15.3. The molecule has 2 aliphatic heterocycles. The number of fused-ring (bicyclic) bond motifs is 6. The van der Waals surface area contributed by atoms with Gasteiger partial charge in [0.25, 0.3) is 0 Å². The molecule has 0 aromatic rings. The van der Waals surface area contributed by atoms with Gasteiger partial charge in [0.1, 0.15) is 0 Å². The van der Waals surface area contributed by atoms with E-state index in [0.29, 0.717) is 35.3 Å². The van der Waals surface area contributed by atoms with E-state index in [2.05, 4.69) is 38.7 Å². The predicted octanol–water partition coefficient (Wildman–Crippen LogP) is 6.98. The van der Waals surface area contributed by atoms with Gasteiger partial charge in [0.2, 0.25) is 0 Å². The Bertz CT molecular complexity index is 823. The standard InChI is InChI=1S/C31H50ClNO2/c1-20-16-29-30(33(19-20)14-13-32)22(3)8-7-21(2)27-18-28-26(25(27)6-5-15-35-29)10-9-23-17-24(34)11-12-31(23,28)4/h9,20,22,24-26,28-30,34H,5-8,10-19H2,1-4H3/b27-21-/t20-,22-,24-,25-,26?,28-,29+,30-,31-/m0/s1. The Morgan fingerprint density at radius 3 is 2.83 bits per heavy atom. The summed E-state index contributed by atoms with van der Waals surface area (Å²) in [6.45, 7) is 12.9. The summed E-state index contributed by atoms with van der Waals surface area (Å²) < 4.78 is 6.72. The number of likely N-dealkylation sites (tertiary alicyclic amines) is 1. The molecule has 1 N–H and O–H groups in total. The van der Waals surface area contributed by atoms with Crippen LogP contribution in [0.1, 0.15) is 91.9 Å². The number of alkyl halides is 1. The number of hydrogen-bond donors (Lipinski definition) is 1. The lowest BCUT2D eigenvalue weighted by atomic mass is 9.57. The molecule has 35 heavy (non-hydrogen) atoms. The van der Waals surface area contributed by atoms with Crippen molar-refractivity contribution in [2.45, 2.75) is 110 Å². The van der Waals surface area contributed by atoms with Crippen LogP contribution >= 0.6 is 11.6 Å². The highest BCUT2D eigenvalue weighted by Gasteiger charge is 2.52. The Hall–Kier alpha value is -0.350. The number of nitrogens with zero attached hydrogens (tertiary/aromatic N) is 1. The molecule has 0 aromatic heterocycles. The summed E-state index contributed by atoms with van der Waals surface area (Å²) in [6, 6.07) is 0.503. The van der Waals surface area contributed by atoms with Gasteiger partial charge in [0, 0.05) is 31.6 Å². The molecule has 1 unspecified atom stereocenters. The summed E-state index contributed by atoms with van der Waals surface area (Å²) in [7, 11) is 0. The van der Waals surface area contributed by atoms with Crippen molar-refractivity contribution >= 4 is 11.6 Å². The Morgan fingerprint density at radius 1 is 1.20 bits per heavy atom. The van der Waals surface area contributed by atoms with E-state index in [9.17, 15) is 5.11 Å². The van der Waals surface area contributed by atoms with Crippen molar-refractivity contribution in [1.82, 2.24) is 4.90 Å². The maximum atomic E-state index is 10.3. The van der Waals surface area contributed by atoms with Crippen molar-refractivity contribution in [3.63, 3.8) is 0 Å². The number of aliphatic hydroxyl groups is 1. The summed E-state index contributed by atoms with van der Waals surface area (Å²) in [4.78, 5) is 2.66. The highest BCUT2D eigenvalue weighted by molar-refractivity contribution is 6.18. The molecule has 5 aliphatic rings. The van der Waals surface area contributed by atoms with Crippen LogP contribution in [0.15, 0.2) is 22.8 Å². The minimum atomic E-state index is -0.121. The number of halogens is 1. The van der Waals surface area contributed by atoms with Gasteiger partial charge in [-0.15, -0.1) is 11.6 Å². The number of rotatable bonds is 2. The first-order valence-electron chi connectivity index (χ1n) is 14.8. The molecule has 3 nitrogen and oxygen atoms in total. The number of ether oxygens (including phenoxy) is 1. The zero-order chi connectivity index (χ0) is 24.7. The van der Waals surface area contributed by atoms with Gasteiger partial charge in [-0.05, 0) is 106 Å². The topological polar surface area (TPSA) is 32.7 Å². The van der Waals surface area contributed by atoms with E-state index in [1.54, 1.807) is 16.7 Å². The van der Waals surface area contributed by atoms with Gasteiger partial charge in [-0.2, -0.15) is 0 Å². The molecule has 2 heterocycles. The van der Waals surface area contributed by atoms with E-state index in [0.717, 1.165) is 56.7 Å². The van der Waals surface area contributed by atoms with E-state index >= 15 is 0 Å². The fourth-order valence-corrected chi connectivity index (χ4v) is 9.36. The highest BCUT2D eigenvalue weighted by Crippen LogP contribution is 2.62. The van der Waals surface area contributed by atoms with Crippen LogP contribution in [0.25, 0.3) is 0 Å². The van der Waals surface area contributed by atoms with E-state index in [1.807, 2.05) is 0 Å². The van der Waals surface area contributed by atoms with Crippen LogP contribution < -0.4 is 0 Å². The SMILES string of the molecule is C/C1=C2\C[C@H]3C(CC=C4C[C@@H](O)CC[C@@]43C)[C@@H]2CCCO[C@@H]2C[C@H](C)CN(CCCl)[C@H]2[C@@H](C)CC1. The second-order valence-corrected chi connectivity index (χ2v) is 13.6. The van der Waals surface area contributed by atoms with Gasteiger partial charge < -0.3 is 9.84 Å². The molecule has 4 heteroatoms. The lowest BCUT2D eigenvalue weighted by Gasteiger charge is -2.48. The van der Waals surface area contributed by atoms with Gasteiger partial charge in [0.15, 0.2) is 0 Å². The fraction of sp³-hybridized carbons (Fsp3) is 0.871. The van der Waals surface area contributed by atoms with Crippen LogP contribution in [0.3, 0.4) is 0 Å². The summed E-state index contributed by atoms with van der Waals surface area (Å²) in [5.41, 5.74) is 5.38. The Labute approximate surface area is 219 Å². The van der Waals surface area contributed by atoms with Gasteiger partial charge in [-0.1, -0.05) is 43.6 Å². The summed E-state index contributed by atoms with van der Waals surface area (Å²) >= 11 is 6.24. The van der Waals surface area contributed by atoms with Crippen molar-refractivity contribution in [3.8, 4) is 0 Å². The van der Waals surface area contributed by atoms with Crippen LogP contribution in [0, 0.1) is 35.0 Å².